The third-order valence-corrected chi connectivity index (χ3v) is 3.56. The van der Waals surface area contributed by atoms with Crippen LogP contribution in [0.1, 0.15) is 17.7 Å². The van der Waals surface area contributed by atoms with Crippen LogP contribution in [0.25, 0.3) is 0 Å². The van der Waals surface area contributed by atoms with Gasteiger partial charge in [0.2, 0.25) is 0 Å². The van der Waals surface area contributed by atoms with Gasteiger partial charge in [-0.15, -0.1) is 0 Å². The van der Waals surface area contributed by atoms with Crippen molar-refractivity contribution in [3.63, 3.8) is 0 Å². The zero-order valence-electron chi connectivity index (χ0n) is 12.4. The standard InChI is InChI=1S/C16H24N4/c1-14-5-3-6-16(13-14)20(11-4-9-17)12-8-15-7-10-18-19(15)2/h3,5-7,10,13H,4,8-9,11-12,17H2,1-2H3. The Hall–Kier alpha value is -1.81. The number of nitrogens with two attached hydrogens (primary N) is 1. The summed E-state index contributed by atoms with van der Waals surface area (Å²) < 4.78 is 1.94. The first-order valence-electron chi connectivity index (χ1n) is 7.19. The Morgan fingerprint density at radius 3 is 2.75 bits per heavy atom. The Balaban J connectivity index is 2.05. The second kappa shape index (κ2) is 7.10. The van der Waals surface area contributed by atoms with Gasteiger partial charge in [0.25, 0.3) is 0 Å². The van der Waals surface area contributed by atoms with Crippen LogP contribution in [0.5, 0.6) is 0 Å². The fraction of sp³-hybridized carbons (Fsp3) is 0.438. The molecule has 0 unspecified atom stereocenters. The van der Waals surface area contributed by atoms with Crippen molar-refractivity contribution >= 4 is 5.69 Å². The second-order valence-corrected chi connectivity index (χ2v) is 5.16. The molecule has 0 saturated heterocycles. The normalized spacial score (nSPS) is 10.8. The molecule has 0 saturated carbocycles. The van der Waals surface area contributed by atoms with Crippen LogP contribution in [0.2, 0.25) is 0 Å². The molecule has 0 atom stereocenters. The molecule has 108 valence electrons. The molecule has 20 heavy (non-hydrogen) atoms. The van der Waals surface area contributed by atoms with Gasteiger partial charge in [-0.05, 0) is 43.7 Å². The van der Waals surface area contributed by atoms with Crippen LogP contribution < -0.4 is 10.6 Å². The molecule has 0 aliphatic heterocycles. The zero-order valence-corrected chi connectivity index (χ0v) is 12.4. The van der Waals surface area contributed by atoms with E-state index in [1.807, 2.05) is 17.9 Å². The van der Waals surface area contributed by atoms with Gasteiger partial charge in [0.05, 0.1) is 0 Å². The monoisotopic (exact) mass is 272 g/mol. The molecule has 0 radical (unpaired) electrons. The molecule has 0 amide bonds. The van der Waals surface area contributed by atoms with Crippen molar-refractivity contribution in [1.82, 2.24) is 9.78 Å². The second-order valence-electron chi connectivity index (χ2n) is 5.16. The Morgan fingerprint density at radius 1 is 1.25 bits per heavy atom. The Bertz CT molecular complexity index is 533. The van der Waals surface area contributed by atoms with Gasteiger partial charge in [-0.1, -0.05) is 12.1 Å². The van der Waals surface area contributed by atoms with Gasteiger partial charge in [0, 0.05) is 44.1 Å². The topological polar surface area (TPSA) is 47.1 Å². The molecular weight excluding hydrogens is 248 g/mol. The highest BCUT2D eigenvalue weighted by Gasteiger charge is 2.08. The summed E-state index contributed by atoms with van der Waals surface area (Å²) in [7, 11) is 1.99. The summed E-state index contributed by atoms with van der Waals surface area (Å²) in [6.45, 7) is 4.85. The molecule has 0 fully saturated rings. The predicted molar refractivity (Wildman–Crippen MR) is 84.0 cm³/mol. The first-order valence-corrected chi connectivity index (χ1v) is 7.19. The minimum Gasteiger partial charge on any atom is -0.371 e. The van der Waals surface area contributed by atoms with Gasteiger partial charge in [-0.25, -0.2) is 0 Å². The number of benzene rings is 1. The molecule has 0 aliphatic rings. The number of aromatic nitrogens is 2. The molecule has 2 aromatic rings. The van der Waals surface area contributed by atoms with Crippen LogP contribution in [-0.4, -0.2) is 29.4 Å². The maximum absolute atomic E-state index is 5.66. The first-order chi connectivity index (χ1) is 9.70. The average Bonchev–Trinajstić information content (AvgIpc) is 2.84. The lowest BCUT2D eigenvalue weighted by Gasteiger charge is -2.25. The molecule has 1 aromatic heterocycles. The SMILES string of the molecule is Cc1cccc(N(CCCN)CCc2ccnn2C)c1. The molecule has 0 bridgehead atoms. The van der Waals surface area contributed by atoms with E-state index < -0.39 is 0 Å². The number of hydrogen-bond donors (Lipinski definition) is 1. The molecular formula is C16H24N4. The molecule has 4 heteroatoms. The number of hydrogen-bond acceptors (Lipinski definition) is 3. The number of nitrogens with zero attached hydrogens (tertiary/aromatic N) is 3. The summed E-state index contributed by atoms with van der Waals surface area (Å²) in [6, 6.07) is 10.7. The molecule has 0 spiro atoms. The van der Waals surface area contributed by atoms with Crippen LogP contribution in [-0.2, 0) is 13.5 Å². The smallest absolute Gasteiger partial charge is 0.0492 e. The van der Waals surface area contributed by atoms with Crippen LogP contribution >= 0.6 is 0 Å². The van der Waals surface area contributed by atoms with Crippen molar-refractivity contribution in [3.05, 3.63) is 47.8 Å². The number of aryl methyl sites for hydroxylation is 2. The van der Waals surface area contributed by atoms with E-state index >= 15 is 0 Å². The summed E-state index contributed by atoms with van der Waals surface area (Å²) in [4.78, 5) is 2.41. The Labute approximate surface area is 121 Å². The summed E-state index contributed by atoms with van der Waals surface area (Å²) in [6.07, 6.45) is 3.86. The van der Waals surface area contributed by atoms with Gasteiger partial charge >= 0.3 is 0 Å². The van der Waals surface area contributed by atoms with E-state index in [9.17, 15) is 0 Å². The van der Waals surface area contributed by atoms with Crippen molar-refractivity contribution in [2.24, 2.45) is 12.8 Å². The van der Waals surface area contributed by atoms with E-state index in [0.717, 1.165) is 32.5 Å². The summed E-state index contributed by atoms with van der Waals surface area (Å²) >= 11 is 0. The fourth-order valence-corrected chi connectivity index (χ4v) is 2.37. The minimum atomic E-state index is 0.730. The largest absolute Gasteiger partial charge is 0.371 e. The van der Waals surface area contributed by atoms with E-state index in [2.05, 4.69) is 47.3 Å². The van der Waals surface area contributed by atoms with Crippen molar-refractivity contribution < 1.29 is 0 Å². The lowest BCUT2D eigenvalue weighted by atomic mass is 10.2. The molecule has 2 rings (SSSR count). The van der Waals surface area contributed by atoms with Gasteiger partial charge < -0.3 is 10.6 Å². The molecule has 0 aliphatic carbocycles. The van der Waals surface area contributed by atoms with Gasteiger partial charge in [-0.2, -0.15) is 5.10 Å². The highest BCUT2D eigenvalue weighted by Crippen LogP contribution is 2.16. The van der Waals surface area contributed by atoms with Gasteiger partial charge in [0.15, 0.2) is 0 Å². The first kappa shape index (κ1) is 14.6. The van der Waals surface area contributed by atoms with Crippen molar-refractivity contribution in [3.8, 4) is 0 Å². The van der Waals surface area contributed by atoms with E-state index in [4.69, 9.17) is 5.73 Å². The molecule has 2 N–H and O–H groups in total. The van der Waals surface area contributed by atoms with E-state index in [-0.39, 0.29) is 0 Å². The fourth-order valence-electron chi connectivity index (χ4n) is 2.37. The highest BCUT2D eigenvalue weighted by atomic mass is 15.3. The minimum absolute atomic E-state index is 0.730. The van der Waals surface area contributed by atoms with Crippen molar-refractivity contribution in [2.75, 3.05) is 24.5 Å². The van der Waals surface area contributed by atoms with Gasteiger partial charge in [0.1, 0.15) is 0 Å². The quantitative estimate of drug-likeness (QED) is 0.840. The molecule has 4 nitrogen and oxygen atoms in total. The third kappa shape index (κ3) is 3.84. The summed E-state index contributed by atoms with van der Waals surface area (Å²) in [5.41, 5.74) is 9.49. The maximum Gasteiger partial charge on any atom is 0.0492 e. The lowest BCUT2D eigenvalue weighted by Crippen LogP contribution is -2.28. The number of rotatable bonds is 7. The van der Waals surface area contributed by atoms with Crippen LogP contribution in [0.15, 0.2) is 36.5 Å². The Kier molecular flexibility index (Phi) is 5.18. The van der Waals surface area contributed by atoms with Crippen LogP contribution in [0.3, 0.4) is 0 Å². The maximum atomic E-state index is 5.66. The highest BCUT2D eigenvalue weighted by molar-refractivity contribution is 5.48. The van der Waals surface area contributed by atoms with E-state index in [1.54, 1.807) is 0 Å². The Morgan fingerprint density at radius 2 is 2.10 bits per heavy atom. The van der Waals surface area contributed by atoms with Gasteiger partial charge in [-0.3, -0.25) is 4.68 Å². The van der Waals surface area contributed by atoms with E-state index in [0.29, 0.717) is 0 Å². The zero-order chi connectivity index (χ0) is 14.4. The van der Waals surface area contributed by atoms with E-state index in [1.165, 1.54) is 16.9 Å². The predicted octanol–water partition coefficient (Wildman–Crippen LogP) is 2.13. The third-order valence-electron chi connectivity index (χ3n) is 3.56. The number of anilines is 1. The van der Waals surface area contributed by atoms with Crippen LogP contribution in [0, 0.1) is 6.92 Å². The lowest BCUT2D eigenvalue weighted by molar-refractivity contribution is 0.675. The summed E-state index contributed by atoms with van der Waals surface area (Å²) in [5.74, 6) is 0. The summed E-state index contributed by atoms with van der Waals surface area (Å²) in [5, 5.41) is 4.22. The van der Waals surface area contributed by atoms with Crippen LogP contribution in [0.4, 0.5) is 5.69 Å². The molecule has 1 aromatic carbocycles. The van der Waals surface area contributed by atoms with Crippen molar-refractivity contribution in [1.29, 1.82) is 0 Å². The van der Waals surface area contributed by atoms with Crippen molar-refractivity contribution in [2.45, 2.75) is 19.8 Å². The average molecular weight is 272 g/mol. The molecule has 1 heterocycles.